The van der Waals surface area contributed by atoms with Gasteiger partial charge in [-0.2, -0.15) is 0 Å². The summed E-state index contributed by atoms with van der Waals surface area (Å²) < 4.78 is 24.3. The lowest BCUT2D eigenvalue weighted by Crippen LogP contribution is -2.37. The standard InChI is InChI=1S/C20H19FN2O3/c1-25-18-4-2-3-12-7-14(11-26-19(12)18)20(24)22-10-16-9-13-8-15(21)5-6-17(13)23-16/h2-6,8-9,14,23H,7,10-11H2,1H3,(H,22,24)/t14-/m1/s1. The van der Waals surface area contributed by atoms with Crippen LogP contribution in [0.2, 0.25) is 0 Å². The van der Waals surface area contributed by atoms with E-state index in [1.54, 1.807) is 13.2 Å². The molecule has 6 heteroatoms. The van der Waals surface area contributed by atoms with Crippen molar-refractivity contribution in [3.8, 4) is 11.5 Å². The van der Waals surface area contributed by atoms with Crippen LogP contribution in [0.4, 0.5) is 4.39 Å². The second kappa shape index (κ2) is 6.71. The number of hydrogen-bond donors (Lipinski definition) is 2. The van der Waals surface area contributed by atoms with Gasteiger partial charge in [-0.25, -0.2) is 4.39 Å². The Bertz CT molecular complexity index is 967. The third-order valence-corrected chi connectivity index (χ3v) is 4.64. The number of ether oxygens (including phenoxy) is 2. The number of nitrogens with one attached hydrogen (secondary N) is 2. The number of rotatable bonds is 4. The maximum Gasteiger partial charge on any atom is 0.227 e. The molecule has 5 nitrogen and oxygen atoms in total. The molecular formula is C20H19FN2O3. The topological polar surface area (TPSA) is 63.4 Å². The van der Waals surface area contributed by atoms with Crippen LogP contribution < -0.4 is 14.8 Å². The molecule has 2 heterocycles. The lowest BCUT2D eigenvalue weighted by Gasteiger charge is -2.25. The Morgan fingerprint density at radius 3 is 3.08 bits per heavy atom. The van der Waals surface area contributed by atoms with E-state index >= 15 is 0 Å². The Morgan fingerprint density at radius 1 is 1.35 bits per heavy atom. The number of carbonyl (C=O) groups is 1. The van der Waals surface area contributed by atoms with Crippen molar-refractivity contribution in [2.75, 3.05) is 13.7 Å². The molecule has 0 unspecified atom stereocenters. The Kier molecular flexibility index (Phi) is 4.24. The van der Waals surface area contributed by atoms with Gasteiger partial charge >= 0.3 is 0 Å². The van der Waals surface area contributed by atoms with Crippen LogP contribution in [0.5, 0.6) is 11.5 Å². The summed E-state index contributed by atoms with van der Waals surface area (Å²) in [6.07, 6.45) is 0.607. The van der Waals surface area contributed by atoms with Crippen LogP contribution in [-0.4, -0.2) is 24.6 Å². The van der Waals surface area contributed by atoms with E-state index in [4.69, 9.17) is 9.47 Å². The predicted octanol–water partition coefficient (Wildman–Crippen LogP) is 3.18. The Balaban J connectivity index is 1.42. The second-order valence-electron chi connectivity index (χ2n) is 6.40. The summed E-state index contributed by atoms with van der Waals surface area (Å²) in [7, 11) is 1.60. The van der Waals surface area contributed by atoms with Gasteiger partial charge in [0, 0.05) is 16.6 Å². The van der Waals surface area contributed by atoms with Crippen LogP contribution >= 0.6 is 0 Å². The minimum atomic E-state index is -0.277. The molecule has 0 fully saturated rings. The fourth-order valence-corrected chi connectivity index (χ4v) is 3.31. The highest BCUT2D eigenvalue weighted by Gasteiger charge is 2.27. The van der Waals surface area contributed by atoms with E-state index < -0.39 is 0 Å². The zero-order chi connectivity index (χ0) is 18.1. The van der Waals surface area contributed by atoms with Gasteiger partial charge in [-0.05, 0) is 42.3 Å². The highest BCUT2D eigenvalue weighted by molar-refractivity contribution is 5.82. The highest BCUT2D eigenvalue weighted by Crippen LogP contribution is 2.36. The molecule has 4 rings (SSSR count). The van der Waals surface area contributed by atoms with Crippen molar-refractivity contribution < 1.29 is 18.7 Å². The first-order valence-corrected chi connectivity index (χ1v) is 8.47. The fraction of sp³-hybridized carbons (Fsp3) is 0.250. The van der Waals surface area contributed by atoms with Crippen LogP contribution in [0.1, 0.15) is 11.3 Å². The van der Waals surface area contributed by atoms with Crippen molar-refractivity contribution in [1.82, 2.24) is 10.3 Å². The predicted molar refractivity (Wildman–Crippen MR) is 95.8 cm³/mol. The van der Waals surface area contributed by atoms with E-state index in [1.807, 2.05) is 24.3 Å². The van der Waals surface area contributed by atoms with Crippen LogP contribution in [0.25, 0.3) is 10.9 Å². The first kappa shape index (κ1) is 16.4. The fourth-order valence-electron chi connectivity index (χ4n) is 3.31. The first-order chi connectivity index (χ1) is 12.6. The van der Waals surface area contributed by atoms with E-state index in [0.717, 1.165) is 27.9 Å². The number of carbonyl (C=O) groups excluding carboxylic acids is 1. The van der Waals surface area contributed by atoms with Gasteiger partial charge in [-0.15, -0.1) is 0 Å². The van der Waals surface area contributed by atoms with Gasteiger partial charge in [0.25, 0.3) is 0 Å². The smallest absolute Gasteiger partial charge is 0.227 e. The van der Waals surface area contributed by atoms with E-state index in [-0.39, 0.29) is 17.6 Å². The van der Waals surface area contributed by atoms with Crippen LogP contribution in [0.3, 0.4) is 0 Å². The maximum absolute atomic E-state index is 13.3. The van der Waals surface area contributed by atoms with Crippen LogP contribution in [0.15, 0.2) is 42.5 Å². The minimum absolute atomic E-state index is 0.0664. The molecule has 1 aromatic heterocycles. The summed E-state index contributed by atoms with van der Waals surface area (Å²) in [5, 5.41) is 3.72. The monoisotopic (exact) mass is 354 g/mol. The summed E-state index contributed by atoms with van der Waals surface area (Å²) in [4.78, 5) is 15.7. The van der Waals surface area contributed by atoms with Crippen LogP contribution in [0, 0.1) is 11.7 Å². The number of amides is 1. The van der Waals surface area contributed by atoms with Gasteiger partial charge in [0.2, 0.25) is 5.91 Å². The molecule has 0 saturated heterocycles. The molecule has 26 heavy (non-hydrogen) atoms. The van der Waals surface area contributed by atoms with Crippen molar-refractivity contribution in [2.24, 2.45) is 5.92 Å². The largest absolute Gasteiger partial charge is 0.493 e. The van der Waals surface area contributed by atoms with Crippen molar-refractivity contribution in [3.05, 3.63) is 59.5 Å². The normalized spacial score (nSPS) is 16.0. The molecule has 1 atom stereocenters. The molecule has 2 N–H and O–H groups in total. The number of benzene rings is 2. The van der Waals surface area contributed by atoms with Crippen molar-refractivity contribution >= 4 is 16.8 Å². The number of aromatic amines is 1. The quantitative estimate of drug-likeness (QED) is 0.756. The average molecular weight is 354 g/mol. The van der Waals surface area contributed by atoms with Gasteiger partial charge in [-0.3, -0.25) is 4.79 Å². The molecule has 0 spiro atoms. The molecule has 0 radical (unpaired) electrons. The lowest BCUT2D eigenvalue weighted by molar-refractivity contribution is -0.126. The van der Waals surface area contributed by atoms with Crippen molar-refractivity contribution in [2.45, 2.75) is 13.0 Å². The zero-order valence-electron chi connectivity index (χ0n) is 14.3. The van der Waals surface area contributed by atoms with E-state index in [9.17, 15) is 9.18 Å². The number of hydrogen-bond acceptors (Lipinski definition) is 3. The summed E-state index contributed by atoms with van der Waals surface area (Å²) in [5.74, 6) is 0.809. The zero-order valence-corrected chi connectivity index (χ0v) is 14.3. The summed E-state index contributed by atoms with van der Waals surface area (Å²) in [6.45, 7) is 0.674. The Labute approximate surface area is 150 Å². The van der Waals surface area contributed by atoms with Gasteiger partial charge in [-0.1, -0.05) is 12.1 Å². The van der Waals surface area contributed by atoms with Crippen LogP contribution in [-0.2, 0) is 17.8 Å². The maximum atomic E-state index is 13.3. The molecular weight excluding hydrogens is 335 g/mol. The number of fused-ring (bicyclic) bond motifs is 2. The number of halogens is 1. The molecule has 1 aliphatic rings. The highest BCUT2D eigenvalue weighted by atomic mass is 19.1. The number of H-pyrrole nitrogens is 1. The SMILES string of the molecule is COc1cccc2c1OC[C@H](C(=O)NCc1cc3cc(F)ccc3[nH]1)C2. The van der Waals surface area contributed by atoms with E-state index in [0.29, 0.717) is 25.3 Å². The third kappa shape index (κ3) is 3.10. The summed E-state index contributed by atoms with van der Waals surface area (Å²) in [5.41, 5.74) is 2.65. The summed E-state index contributed by atoms with van der Waals surface area (Å²) in [6, 6.07) is 12.1. The molecule has 1 aliphatic heterocycles. The lowest BCUT2D eigenvalue weighted by atomic mass is 9.95. The van der Waals surface area contributed by atoms with Gasteiger partial charge < -0.3 is 19.8 Å². The molecule has 134 valence electrons. The van der Waals surface area contributed by atoms with Crippen molar-refractivity contribution in [1.29, 1.82) is 0 Å². The minimum Gasteiger partial charge on any atom is -0.493 e. The van der Waals surface area contributed by atoms with Gasteiger partial charge in [0.1, 0.15) is 12.4 Å². The van der Waals surface area contributed by atoms with Gasteiger partial charge in [0.15, 0.2) is 11.5 Å². The molecule has 0 saturated carbocycles. The van der Waals surface area contributed by atoms with Crippen molar-refractivity contribution in [3.63, 3.8) is 0 Å². The Morgan fingerprint density at radius 2 is 2.23 bits per heavy atom. The first-order valence-electron chi connectivity index (χ1n) is 8.47. The molecule has 0 aliphatic carbocycles. The molecule has 1 amide bonds. The third-order valence-electron chi connectivity index (χ3n) is 4.64. The number of aromatic nitrogens is 1. The van der Waals surface area contributed by atoms with E-state index in [2.05, 4.69) is 10.3 Å². The van der Waals surface area contributed by atoms with E-state index in [1.165, 1.54) is 12.1 Å². The second-order valence-corrected chi connectivity index (χ2v) is 6.40. The molecule has 3 aromatic rings. The molecule has 2 aromatic carbocycles. The Hall–Kier alpha value is -3.02. The molecule has 0 bridgehead atoms. The average Bonchev–Trinajstić information content (AvgIpc) is 3.07. The number of methoxy groups -OCH3 is 1. The van der Waals surface area contributed by atoms with Gasteiger partial charge in [0.05, 0.1) is 19.6 Å². The number of para-hydroxylation sites is 1. The summed E-state index contributed by atoms with van der Waals surface area (Å²) >= 11 is 0.